The van der Waals surface area contributed by atoms with Gasteiger partial charge in [-0.1, -0.05) is 25.1 Å². The van der Waals surface area contributed by atoms with Gasteiger partial charge in [-0.2, -0.15) is 24.9 Å². The Hall–Kier alpha value is -0.680. The van der Waals surface area contributed by atoms with E-state index >= 15 is 0 Å². The zero-order valence-electron chi connectivity index (χ0n) is 10.1. The number of rotatable bonds is 1. The van der Waals surface area contributed by atoms with Crippen molar-refractivity contribution in [3.63, 3.8) is 0 Å². The first-order valence-corrected chi connectivity index (χ1v) is 7.04. The highest BCUT2D eigenvalue weighted by Crippen LogP contribution is 2.36. The fourth-order valence-electron chi connectivity index (χ4n) is 2.12. The van der Waals surface area contributed by atoms with Crippen molar-refractivity contribution in [2.75, 3.05) is 12.3 Å². The van der Waals surface area contributed by atoms with Gasteiger partial charge in [0.1, 0.15) is 0 Å². The molecule has 1 aromatic carbocycles. The van der Waals surface area contributed by atoms with Crippen molar-refractivity contribution in [2.24, 2.45) is 0 Å². The van der Waals surface area contributed by atoms with Crippen LogP contribution in [0, 0.1) is 0 Å². The standard InChI is InChI=1S/C13H16F3NS/c1-9-6-7-17-12(8-18-9)10-4-2-3-5-11(10)13(14,15)16/h2-5,9,12,17H,6-8H2,1H3. The maximum absolute atomic E-state index is 12.9. The summed E-state index contributed by atoms with van der Waals surface area (Å²) >= 11 is 1.73. The SMILES string of the molecule is CC1CCNC(c2ccccc2C(F)(F)F)CS1. The van der Waals surface area contributed by atoms with Crippen molar-refractivity contribution in [1.29, 1.82) is 0 Å². The molecule has 0 spiro atoms. The largest absolute Gasteiger partial charge is 0.416 e. The van der Waals surface area contributed by atoms with Crippen molar-refractivity contribution in [3.8, 4) is 0 Å². The fraction of sp³-hybridized carbons (Fsp3) is 0.538. The molecule has 0 saturated carbocycles. The van der Waals surface area contributed by atoms with Crippen LogP contribution in [0.5, 0.6) is 0 Å². The van der Waals surface area contributed by atoms with Crippen LogP contribution in [0.3, 0.4) is 0 Å². The molecule has 1 heterocycles. The molecule has 0 bridgehead atoms. The molecule has 1 aromatic rings. The monoisotopic (exact) mass is 275 g/mol. The average molecular weight is 275 g/mol. The van der Waals surface area contributed by atoms with Crippen LogP contribution in [0.1, 0.15) is 30.5 Å². The van der Waals surface area contributed by atoms with E-state index in [0.717, 1.165) is 19.0 Å². The van der Waals surface area contributed by atoms with Crippen molar-refractivity contribution < 1.29 is 13.2 Å². The maximum Gasteiger partial charge on any atom is 0.416 e. The molecule has 1 aliphatic rings. The van der Waals surface area contributed by atoms with Crippen LogP contribution < -0.4 is 5.32 Å². The van der Waals surface area contributed by atoms with E-state index in [4.69, 9.17) is 0 Å². The molecular weight excluding hydrogens is 259 g/mol. The van der Waals surface area contributed by atoms with Gasteiger partial charge < -0.3 is 5.32 Å². The Labute approximate surface area is 109 Å². The van der Waals surface area contributed by atoms with Gasteiger partial charge in [0.25, 0.3) is 0 Å². The van der Waals surface area contributed by atoms with E-state index < -0.39 is 11.7 Å². The van der Waals surface area contributed by atoms with Gasteiger partial charge in [-0.3, -0.25) is 0 Å². The minimum atomic E-state index is -4.28. The summed E-state index contributed by atoms with van der Waals surface area (Å²) in [5, 5.41) is 3.72. The number of alkyl halides is 3. The van der Waals surface area contributed by atoms with Gasteiger partial charge >= 0.3 is 6.18 Å². The summed E-state index contributed by atoms with van der Waals surface area (Å²) in [4.78, 5) is 0. The smallest absolute Gasteiger partial charge is 0.309 e. The molecule has 0 radical (unpaired) electrons. The van der Waals surface area contributed by atoms with Gasteiger partial charge in [-0.15, -0.1) is 0 Å². The summed E-state index contributed by atoms with van der Waals surface area (Å²) in [7, 11) is 0. The molecule has 2 atom stereocenters. The molecule has 1 N–H and O–H groups in total. The lowest BCUT2D eigenvalue weighted by atomic mass is 10.0. The van der Waals surface area contributed by atoms with Gasteiger partial charge in [-0.25, -0.2) is 0 Å². The second kappa shape index (κ2) is 5.53. The van der Waals surface area contributed by atoms with E-state index in [2.05, 4.69) is 12.2 Å². The number of hydrogen-bond donors (Lipinski definition) is 1. The zero-order valence-corrected chi connectivity index (χ0v) is 10.9. The number of hydrogen-bond acceptors (Lipinski definition) is 2. The second-order valence-electron chi connectivity index (χ2n) is 4.52. The van der Waals surface area contributed by atoms with Crippen LogP contribution in [0.25, 0.3) is 0 Å². The van der Waals surface area contributed by atoms with Crippen molar-refractivity contribution in [2.45, 2.75) is 30.8 Å². The van der Waals surface area contributed by atoms with Crippen LogP contribution in [-0.2, 0) is 6.18 Å². The molecule has 1 aliphatic heterocycles. The molecule has 5 heteroatoms. The highest BCUT2D eigenvalue weighted by atomic mass is 32.2. The maximum atomic E-state index is 12.9. The van der Waals surface area contributed by atoms with Gasteiger partial charge in [0.15, 0.2) is 0 Å². The lowest BCUT2D eigenvalue weighted by molar-refractivity contribution is -0.138. The van der Waals surface area contributed by atoms with Gasteiger partial charge in [-0.05, 0) is 24.6 Å². The molecule has 0 amide bonds. The summed E-state index contributed by atoms with van der Waals surface area (Å²) in [6.07, 6.45) is -3.28. The molecule has 2 unspecified atom stereocenters. The fourth-order valence-corrected chi connectivity index (χ4v) is 3.23. The summed E-state index contributed by atoms with van der Waals surface area (Å²) in [5.41, 5.74) is -0.149. The van der Waals surface area contributed by atoms with Crippen molar-refractivity contribution in [3.05, 3.63) is 35.4 Å². The van der Waals surface area contributed by atoms with Crippen LogP contribution in [0.4, 0.5) is 13.2 Å². The Morgan fingerprint density at radius 1 is 1.28 bits per heavy atom. The number of benzene rings is 1. The Bertz CT molecular complexity index is 405. The Morgan fingerprint density at radius 2 is 2.00 bits per heavy atom. The molecule has 0 aliphatic carbocycles. The zero-order chi connectivity index (χ0) is 13.2. The Balaban J connectivity index is 2.27. The minimum absolute atomic E-state index is 0.210. The van der Waals surface area contributed by atoms with E-state index in [1.165, 1.54) is 6.07 Å². The van der Waals surface area contributed by atoms with Crippen LogP contribution >= 0.6 is 11.8 Å². The molecule has 18 heavy (non-hydrogen) atoms. The quantitative estimate of drug-likeness (QED) is 0.835. The van der Waals surface area contributed by atoms with Crippen LogP contribution in [0.15, 0.2) is 24.3 Å². The molecule has 0 aromatic heterocycles. The Morgan fingerprint density at radius 3 is 2.72 bits per heavy atom. The molecule has 100 valence electrons. The summed E-state index contributed by atoms with van der Waals surface area (Å²) in [6.45, 7) is 2.88. The predicted octanol–water partition coefficient (Wildman–Crippen LogP) is 3.86. The summed E-state index contributed by atoms with van der Waals surface area (Å²) in [5.74, 6) is 0.689. The minimum Gasteiger partial charge on any atom is -0.309 e. The number of thioether (sulfide) groups is 1. The van der Waals surface area contributed by atoms with E-state index in [-0.39, 0.29) is 6.04 Å². The van der Waals surface area contributed by atoms with E-state index in [0.29, 0.717) is 16.6 Å². The van der Waals surface area contributed by atoms with Crippen molar-refractivity contribution in [1.82, 2.24) is 5.32 Å². The predicted molar refractivity (Wildman–Crippen MR) is 68.7 cm³/mol. The van der Waals surface area contributed by atoms with Crippen LogP contribution in [-0.4, -0.2) is 17.5 Å². The summed E-state index contributed by atoms with van der Waals surface area (Å²) in [6, 6.07) is 5.65. The molecule has 1 nitrogen and oxygen atoms in total. The molecule has 2 rings (SSSR count). The average Bonchev–Trinajstić information content (AvgIpc) is 2.53. The van der Waals surface area contributed by atoms with Crippen LogP contribution in [0.2, 0.25) is 0 Å². The molecule has 1 saturated heterocycles. The lowest BCUT2D eigenvalue weighted by Gasteiger charge is -2.20. The van der Waals surface area contributed by atoms with E-state index in [9.17, 15) is 13.2 Å². The van der Waals surface area contributed by atoms with Crippen molar-refractivity contribution >= 4 is 11.8 Å². The molecule has 1 fully saturated rings. The lowest BCUT2D eigenvalue weighted by Crippen LogP contribution is -2.25. The Kier molecular flexibility index (Phi) is 4.22. The highest BCUT2D eigenvalue weighted by Gasteiger charge is 2.35. The topological polar surface area (TPSA) is 12.0 Å². The first kappa shape index (κ1) is 13.7. The first-order valence-electron chi connectivity index (χ1n) is 5.99. The second-order valence-corrected chi connectivity index (χ2v) is 6.00. The van der Waals surface area contributed by atoms with Gasteiger partial charge in [0.05, 0.1) is 5.56 Å². The van der Waals surface area contributed by atoms with Gasteiger partial charge in [0.2, 0.25) is 0 Å². The summed E-state index contributed by atoms with van der Waals surface area (Å²) < 4.78 is 38.8. The first-order chi connectivity index (χ1) is 8.48. The third-order valence-electron chi connectivity index (χ3n) is 3.13. The molecular formula is C13H16F3NS. The third kappa shape index (κ3) is 3.20. The number of nitrogens with one attached hydrogen (secondary N) is 1. The van der Waals surface area contributed by atoms with E-state index in [1.807, 2.05) is 0 Å². The van der Waals surface area contributed by atoms with E-state index in [1.54, 1.807) is 23.9 Å². The highest BCUT2D eigenvalue weighted by molar-refractivity contribution is 7.99. The third-order valence-corrected chi connectivity index (χ3v) is 4.46. The normalized spacial score (nSPS) is 25.8. The number of halogens is 3. The van der Waals surface area contributed by atoms with Gasteiger partial charge in [0, 0.05) is 17.0 Å².